The molecule has 83 valence electrons. The number of carbonyl (C=O) groups excluding carboxylic acids is 1. The molecule has 0 aliphatic heterocycles. The summed E-state index contributed by atoms with van der Waals surface area (Å²) < 4.78 is 3.74. The van der Waals surface area contributed by atoms with Crippen LogP contribution in [0.4, 0.5) is 5.69 Å². The van der Waals surface area contributed by atoms with Gasteiger partial charge in [-0.1, -0.05) is 24.2 Å². The van der Waals surface area contributed by atoms with E-state index in [0.717, 1.165) is 0 Å². The fourth-order valence-electron chi connectivity index (χ4n) is 0.795. The molecule has 0 fully saturated rings. The van der Waals surface area contributed by atoms with Crippen molar-refractivity contribution in [2.45, 2.75) is 0 Å². The zero-order valence-corrected chi connectivity index (χ0v) is 11.5. The summed E-state index contributed by atoms with van der Waals surface area (Å²) in [5, 5.41) is 10.3. The van der Waals surface area contributed by atoms with Gasteiger partial charge >= 0.3 is 0 Å². The molecule has 0 saturated heterocycles. The average Bonchev–Trinajstić information content (AvgIpc) is 2.29. The molecule has 5 nitrogen and oxygen atoms in total. The quantitative estimate of drug-likeness (QED) is 0.484. The third-order valence-electron chi connectivity index (χ3n) is 1.40. The number of benzene rings is 1. The van der Waals surface area contributed by atoms with E-state index >= 15 is 0 Å². The summed E-state index contributed by atoms with van der Waals surface area (Å²) in [6.45, 7) is 6.34. The van der Waals surface area contributed by atoms with Gasteiger partial charge in [-0.15, -0.1) is 6.07 Å². The molecule has 6 heteroatoms. The number of hydrogen-bond donors (Lipinski definition) is 0. The fourth-order valence-corrected chi connectivity index (χ4v) is 0.795. The van der Waals surface area contributed by atoms with Gasteiger partial charge < -0.3 is 9.53 Å². The standard InChI is InChI=1S/C8H6NO2.C2H3O2.Y/c1-2-7-5-3-4-6-8(7)9(10)11;1-4-2-3;/h1-6H;1H3;/q2*-1;. The summed E-state index contributed by atoms with van der Waals surface area (Å²) in [7, 11) is 1.26. The molecule has 16 heavy (non-hydrogen) atoms. The van der Waals surface area contributed by atoms with Crippen molar-refractivity contribution in [1.29, 1.82) is 0 Å². The van der Waals surface area contributed by atoms with Crippen molar-refractivity contribution in [2.75, 3.05) is 7.11 Å². The van der Waals surface area contributed by atoms with Crippen LogP contribution in [0, 0.1) is 16.7 Å². The van der Waals surface area contributed by atoms with E-state index in [1.807, 2.05) is 0 Å². The second kappa shape index (κ2) is 10.5. The molecule has 0 aliphatic rings. The Hall–Kier alpha value is -1.07. The first-order valence-corrected chi connectivity index (χ1v) is 3.85. The van der Waals surface area contributed by atoms with E-state index in [2.05, 4.69) is 4.74 Å². The zero-order chi connectivity index (χ0) is 11.7. The maximum absolute atomic E-state index is 10.3. The maximum Gasteiger partial charge on any atom is 0.199 e. The third kappa shape index (κ3) is 6.42. The van der Waals surface area contributed by atoms with Gasteiger partial charge in [0, 0.05) is 44.7 Å². The van der Waals surface area contributed by atoms with E-state index in [-0.39, 0.29) is 38.4 Å². The summed E-state index contributed by atoms with van der Waals surface area (Å²) in [5.74, 6) is 0. The van der Waals surface area contributed by atoms with Gasteiger partial charge in [0.15, 0.2) is 5.69 Å². The van der Waals surface area contributed by atoms with Gasteiger partial charge in [0.1, 0.15) is 0 Å². The minimum Gasteiger partial charge on any atom is -0.655 e. The van der Waals surface area contributed by atoms with Crippen LogP contribution in [0.3, 0.4) is 0 Å². The molecule has 0 unspecified atom stereocenters. The first kappa shape index (κ1) is 17.3. The predicted octanol–water partition coefficient (Wildman–Crippen LogP) is 1.74. The van der Waals surface area contributed by atoms with Crippen molar-refractivity contribution >= 4 is 18.2 Å². The van der Waals surface area contributed by atoms with Crippen LogP contribution in [-0.2, 0) is 42.2 Å². The minimum atomic E-state index is -0.460. The van der Waals surface area contributed by atoms with Crippen molar-refractivity contribution in [3.8, 4) is 0 Å². The van der Waals surface area contributed by atoms with Crippen LogP contribution in [0.25, 0.3) is 6.08 Å². The molecule has 1 aromatic rings. The molecule has 0 aromatic heterocycles. The van der Waals surface area contributed by atoms with E-state index in [9.17, 15) is 10.1 Å². The molecule has 0 heterocycles. The zero-order valence-electron chi connectivity index (χ0n) is 8.62. The topological polar surface area (TPSA) is 69.4 Å². The van der Waals surface area contributed by atoms with Gasteiger partial charge in [-0.2, -0.15) is 0 Å². The number of para-hydroxylation sites is 1. The number of methoxy groups -OCH3 is 1. The first-order valence-electron chi connectivity index (χ1n) is 3.85. The normalized spacial score (nSPS) is 7.56. The van der Waals surface area contributed by atoms with Gasteiger partial charge in [0.2, 0.25) is 0 Å². The van der Waals surface area contributed by atoms with E-state index in [4.69, 9.17) is 11.4 Å². The Labute approximate surface area is 119 Å². The molecular formula is C10H9NO4Y-2. The Morgan fingerprint density at radius 1 is 1.50 bits per heavy atom. The molecule has 0 N–H and O–H groups in total. The summed E-state index contributed by atoms with van der Waals surface area (Å²) in [6, 6.07) is 6.31. The summed E-state index contributed by atoms with van der Waals surface area (Å²) >= 11 is 0. The van der Waals surface area contributed by atoms with E-state index in [1.165, 1.54) is 25.7 Å². The summed E-state index contributed by atoms with van der Waals surface area (Å²) in [5.41, 5.74) is 0.479. The van der Waals surface area contributed by atoms with Crippen LogP contribution < -0.4 is 0 Å². The Kier molecular flexibility index (Phi) is 11.3. The number of hydrogen-bond acceptors (Lipinski definition) is 4. The predicted molar refractivity (Wildman–Crippen MR) is 54.6 cm³/mol. The molecule has 0 atom stereocenters. The number of nitro groups is 1. The number of rotatable bonds is 3. The van der Waals surface area contributed by atoms with Gasteiger partial charge in [-0.3, -0.25) is 16.7 Å². The van der Waals surface area contributed by atoms with Gasteiger partial charge in [0.05, 0.1) is 0 Å². The van der Waals surface area contributed by atoms with Crippen molar-refractivity contribution in [3.05, 3.63) is 46.5 Å². The molecule has 1 aromatic carbocycles. The maximum atomic E-state index is 10.3. The molecule has 0 saturated carbocycles. The van der Waals surface area contributed by atoms with Crippen LogP contribution in [0.2, 0.25) is 0 Å². The molecule has 0 bridgehead atoms. The van der Waals surface area contributed by atoms with Gasteiger partial charge in [0.25, 0.3) is 0 Å². The average molecular weight is 296 g/mol. The van der Waals surface area contributed by atoms with Crippen LogP contribution in [0.1, 0.15) is 5.56 Å². The molecule has 0 spiro atoms. The fraction of sp³-hybridized carbons (Fsp3) is 0.100. The second-order valence-corrected chi connectivity index (χ2v) is 2.27. The summed E-state index contributed by atoms with van der Waals surface area (Å²) in [4.78, 5) is 18.7. The minimum absolute atomic E-state index is 0. The first-order chi connectivity index (χ1) is 7.17. The van der Waals surface area contributed by atoms with Crippen molar-refractivity contribution in [3.63, 3.8) is 0 Å². The SMILES string of the molecule is CO[C-]=O.[CH-]=Cc1ccccc1[N+](=O)[O-].[Y]. The molecule has 1 rings (SSSR count). The van der Waals surface area contributed by atoms with Crippen LogP contribution in [0.5, 0.6) is 0 Å². The third-order valence-corrected chi connectivity index (χ3v) is 1.40. The molecular weight excluding hydrogens is 287 g/mol. The number of nitro benzene ring substituents is 1. The van der Waals surface area contributed by atoms with Crippen molar-refractivity contribution in [1.82, 2.24) is 0 Å². The second-order valence-electron chi connectivity index (χ2n) is 2.27. The van der Waals surface area contributed by atoms with Crippen molar-refractivity contribution in [2.24, 2.45) is 0 Å². The number of nitrogens with zero attached hydrogens (tertiary/aromatic N) is 1. The van der Waals surface area contributed by atoms with E-state index < -0.39 is 4.92 Å². The van der Waals surface area contributed by atoms with E-state index in [0.29, 0.717) is 5.56 Å². The number of ether oxygens (including phenoxy) is 1. The summed E-state index contributed by atoms with van der Waals surface area (Å²) in [6.07, 6.45) is 1.22. The van der Waals surface area contributed by atoms with Crippen LogP contribution >= 0.6 is 0 Å². The van der Waals surface area contributed by atoms with Gasteiger partial charge in [-0.25, -0.2) is 6.08 Å². The van der Waals surface area contributed by atoms with Gasteiger partial charge in [-0.05, 0) is 6.07 Å². The van der Waals surface area contributed by atoms with Crippen molar-refractivity contribution < 1.29 is 47.2 Å². The van der Waals surface area contributed by atoms with Crippen LogP contribution in [0.15, 0.2) is 24.3 Å². The molecule has 1 radical (unpaired) electrons. The Morgan fingerprint density at radius 2 is 2.00 bits per heavy atom. The Balaban J connectivity index is 0. The monoisotopic (exact) mass is 296 g/mol. The smallest absolute Gasteiger partial charge is 0.199 e. The Bertz CT molecular complexity index is 354. The molecule has 0 aliphatic carbocycles. The molecule has 0 amide bonds. The van der Waals surface area contributed by atoms with Crippen LogP contribution in [-0.4, -0.2) is 18.5 Å². The largest absolute Gasteiger partial charge is 0.655 e. The van der Waals surface area contributed by atoms with E-state index in [1.54, 1.807) is 18.2 Å². The Morgan fingerprint density at radius 3 is 2.31 bits per heavy atom.